The molecule has 0 heterocycles. The van der Waals surface area contributed by atoms with Gasteiger partial charge >= 0.3 is 0 Å². The largest absolute Gasteiger partial charge is 0.508 e. The van der Waals surface area contributed by atoms with Crippen LogP contribution in [0.25, 0.3) is 0 Å². The smallest absolute Gasteiger partial charge is 0.216 e. The minimum Gasteiger partial charge on any atom is -0.508 e. The summed E-state index contributed by atoms with van der Waals surface area (Å²) < 4.78 is 0. The number of hydrogen-bond donors (Lipinski definition) is 3. The van der Waals surface area contributed by atoms with Crippen LogP contribution < -0.4 is 10.6 Å². The number of rotatable bonds is 4. The molecule has 1 atom stereocenters. The van der Waals surface area contributed by atoms with Crippen molar-refractivity contribution in [3.8, 4) is 5.75 Å². The number of carbonyl (C=O) groups is 1. The molecule has 4 heteroatoms. The van der Waals surface area contributed by atoms with Crippen molar-refractivity contribution in [2.24, 2.45) is 0 Å². The molecule has 0 aliphatic heterocycles. The van der Waals surface area contributed by atoms with Crippen LogP contribution in [0, 0.1) is 0 Å². The first-order valence-corrected chi connectivity index (χ1v) is 5.97. The quantitative estimate of drug-likeness (QED) is 0.684. The van der Waals surface area contributed by atoms with Crippen LogP contribution in [0.5, 0.6) is 5.75 Å². The van der Waals surface area contributed by atoms with E-state index in [1.807, 2.05) is 6.07 Å². The monoisotopic (exact) mass is 234 g/mol. The van der Waals surface area contributed by atoms with Gasteiger partial charge in [0, 0.05) is 26.1 Å². The standard InChI is InChI=1S/C13H18N2O2/c1-9(16)14-7-8-15-12-6-5-11-10(12)3-2-4-13(11)17/h2-4,12,15,17H,5-8H2,1H3,(H,14,16). The van der Waals surface area contributed by atoms with Crippen LogP contribution in [0.4, 0.5) is 0 Å². The van der Waals surface area contributed by atoms with E-state index in [2.05, 4.69) is 16.7 Å². The number of fused-ring (bicyclic) bond motifs is 1. The van der Waals surface area contributed by atoms with E-state index in [4.69, 9.17) is 0 Å². The molecule has 92 valence electrons. The van der Waals surface area contributed by atoms with Crippen LogP contribution in [0.2, 0.25) is 0 Å². The Hall–Kier alpha value is -1.55. The number of hydrogen-bond acceptors (Lipinski definition) is 3. The number of nitrogens with one attached hydrogen (secondary N) is 2. The molecule has 2 rings (SSSR count). The average molecular weight is 234 g/mol. The third kappa shape index (κ3) is 2.77. The Morgan fingerprint density at radius 2 is 2.29 bits per heavy atom. The summed E-state index contributed by atoms with van der Waals surface area (Å²) in [6.07, 6.45) is 1.92. The molecule has 1 aromatic carbocycles. The fraction of sp³-hybridized carbons (Fsp3) is 0.462. The van der Waals surface area contributed by atoms with Crippen molar-refractivity contribution in [3.05, 3.63) is 29.3 Å². The maximum atomic E-state index is 10.7. The zero-order valence-electron chi connectivity index (χ0n) is 9.99. The molecule has 3 N–H and O–H groups in total. The number of amides is 1. The third-order valence-electron chi connectivity index (χ3n) is 3.14. The lowest BCUT2D eigenvalue weighted by Gasteiger charge is -2.14. The molecule has 0 saturated heterocycles. The molecule has 17 heavy (non-hydrogen) atoms. The fourth-order valence-electron chi connectivity index (χ4n) is 2.33. The van der Waals surface area contributed by atoms with Gasteiger partial charge in [-0.1, -0.05) is 12.1 Å². The van der Waals surface area contributed by atoms with Gasteiger partial charge in [0.2, 0.25) is 5.91 Å². The van der Waals surface area contributed by atoms with Crippen molar-refractivity contribution < 1.29 is 9.90 Å². The van der Waals surface area contributed by atoms with E-state index < -0.39 is 0 Å². The first-order valence-electron chi connectivity index (χ1n) is 5.97. The van der Waals surface area contributed by atoms with Gasteiger partial charge in [0.1, 0.15) is 5.75 Å². The van der Waals surface area contributed by atoms with E-state index in [-0.39, 0.29) is 5.91 Å². The van der Waals surface area contributed by atoms with Crippen molar-refractivity contribution in [1.82, 2.24) is 10.6 Å². The first-order chi connectivity index (χ1) is 8.18. The summed E-state index contributed by atoms with van der Waals surface area (Å²) in [7, 11) is 0. The number of phenolic OH excluding ortho intramolecular Hbond substituents is 1. The normalized spacial score (nSPS) is 17.8. The zero-order valence-corrected chi connectivity index (χ0v) is 9.99. The topological polar surface area (TPSA) is 61.4 Å². The van der Waals surface area contributed by atoms with E-state index in [9.17, 15) is 9.90 Å². The fourth-order valence-corrected chi connectivity index (χ4v) is 2.33. The molecule has 1 aliphatic carbocycles. The van der Waals surface area contributed by atoms with Crippen molar-refractivity contribution in [3.63, 3.8) is 0 Å². The minimum absolute atomic E-state index is 0.00346. The van der Waals surface area contributed by atoms with Gasteiger partial charge in [-0.25, -0.2) is 0 Å². The SMILES string of the molecule is CC(=O)NCCNC1CCc2c(O)cccc21. The number of aromatic hydroxyl groups is 1. The Balaban J connectivity index is 1.89. The van der Waals surface area contributed by atoms with E-state index in [1.54, 1.807) is 6.07 Å². The maximum Gasteiger partial charge on any atom is 0.216 e. The highest BCUT2D eigenvalue weighted by atomic mass is 16.3. The van der Waals surface area contributed by atoms with Crippen LogP contribution in [-0.4, -0.2) is 24.1 Å². The molecule has 0 spiro atoms. The average Bonchev–Trinajstić information content (AvgIpc) is 2.69. The molecular formula is C13H18N2O2. The zero-order chi connectivity index (χ0) is 12.3. The van der Waals surface area contributed by atoms with Gasteiger partial charge in [-0.2, -0.15) is 0 Å². The van der Waals surface area contributed by atoms with E-state index in [0.717, 1.165) is 24.9 Å². The summed E-state index contributed by atoms with van der Waals surface area (Å²) in [5.74, 6) is 0.393. The highest BCUT2D eigenvalue weighted by Crippen LogP contribution is 2.35. The van der Waals surface area contributed by atoms with E-state index in [1.165, 1.54) is 12.5 Å². The molecule has 0 fully saturated rings. The molecule has 1 aliphatic rings. The number of carbonyl (C=O) groups excluding carboxylic acids is 1. The van der Waals surface area contributed by atoms with Gasteiger partial charge in [-0.15, -0.1) is 0 Å². The van der Waals surface area contributed by atoms with Crippen LogP contribution >= 0.6 is 0 Å². The van der Waals surface area contributed by atoms with Crippen molar-refractivity contribution in [1.29, 1.82) is 0 Å². The second-order valence-corrected chi connectivity index (χ2v) is 4.37. The highest BCUT2D eigenvalue weighted by Gasteiger charge is 2.23. The maximum absolute atomic E-state index is 10.7. The summed E-state index contributed by atoms with van der Waals surface area (Å²) in [4.78, 5) is 10.7. The Labute approximate surface area is 101 Å². The van der Waals surface area contributed by atoms with Crippen molar-refractivity contribution in [2.45, 2.75) is 25.8 Å². The highest BCUT2D eigenvalue weighted by molar-refractivity contribution is 5.72. The lowest BCUT2D eigenvalue weighted by atomic mass is 10.1. The predicted molar refractivity (Wildman–Crippen MR) is 65.9 cm³/mol. The molecule has 0 radical (unpaired) electrons. The first kappa shape index (κ1) is 11.9. The molecule has 0 aromatic heterocycles. The predicted octanol–water partition coefficient (Wildman–Crippen LogP) is 1.11. The van der Waals surface area contributed by atoms with Gasteiger partial charge in [0.25, 0.3) is 0 Å². The Morgan fingerprint density at radius 1 is 1.47 bits per heavy atom. The van der Waals surface area contributed by atoms with Gasteiger partial charge in [0.15, 0.2) is 0 Å². The summed E-state index contributed by atoms with van der Waals surface area (Å²) in [5.41, 5.74) is 2.25. The van der Waals surface area contributed by atoms with E-state index in [0.29, 0.717) is 18.3 Å². The lowest BCUT2D eigenvalue weighted by Crippen LogP contribution is -2.31. The second kappa shape index (κ2) is 5.19. The summed E-state index contributed by atoms with van der Waals surface area (Å²) in [6, 6.07) is 5.96. The van der Waals surface area contributed by atoms with E-state index >= 15 is 0 Å². The number of phenols is 1. The molecule has 1 unspecified atom stereocenters. The van der Waals surface area contributed by atoms with Crippen LogP contribution in [0.3, 0.4) is 0 Å². The van der Waals surface area contributed by atoms with Gasteiger partial charge < -0.3 is 15.7 Å². The molecule has 1 amide bonds. The van der Waals surface area contributed by atoms with Crippen molar-refractivity contribution >= 4 is 5.91 Å². The molecule has 0 bridgehead atoms. The van der Waals surface area contributed by atoms with Crippen molar-refractivity contribution in [2.75, 3.05) is 13.1 Å². The van der Waals surface area contributed by atoms with Gasteiger partial charge in [0.05, 0.1) is 0 Å². The summed E-state index contributed by atoms with van der Waals surface area (Å²) in [6.45, 7) is 2.90. The van der Waals surface area contributed by atoms with Crippen LogP contribution in [0.15, 0.2) is 18.2 Å². The Bertz CT molecular complexity index is 418. The van der Waals surface area contributed by atoms with Crippen LogP contribution in [0.1, 0.15) is 30.5 Å². The minimum atomic E-state index is -0.00346. The Kier molecular flexibility index (Phi) is 3.64. The van der Waals surface area contributed by atoms with Gasteiger partial charge in [-0.05, 0) is 30.0 Å². The number of benzene rings is 1. The molecule has 0 saturated carbocycles. The summed E-state index contributed by atoms with van der Waals surface area (Å²) >= 11 is 0. The second-order valence-electron chi connectivity index (χ2n) is 4.37. The van der Waals surface area contributed by atoms with Crippen LogP contribution in [-0.2, 0) is 11.2 Å². The molecule has 1 aromatic rings. The van der Waals surface area contributed by atoms with Gasteiger partial charge in [-0.3, -0.25) is 4.79 Å². The summed E-state index contributed by atoms with van der Waals surface area (Å²) in [5, 5.41) is 15.9. The molecular weight excluding hydrogens is 216 g/mol. The lowest BCUT2D eigenvalue weighted by molar-refractivity contribution is -0.118. The Morgan fingerprint density at radius 3 is 3.06 bits per heavy atom. The molecule has 4 nitrogen and oxygen atoms in total. The third-order valence-corrected chi connectivity index (χ3v) is 3.14.